The van der Waals surface area contributed by atoms with Gasteiger partial charge in [0.1, 0.15) is 19.3 Å². The summed E-state index contributed by atoms with van der Waals surface area (Å²) in [7, 11) is -9.96. The summed E-state index contributed by atoms with van der Waals surface area (Å²) in [6.45, 7) is 4.65. The molecule has 0 aliphatic heterocycles. The minimum absolute atomic E-state index is 0.0417. The lowest BCUT2D eigenvalue weighted by Crippen LogP contribution is -2.30. The molecule has 17 nitrogen and oxygen atoms in total. The maximum absolute atomic E-state index is 13.1. The zero-order valence-corrected chi connectivity index (χ0v) is 65.2. The molecule has 0 fully saturated rings. The van der Waals surface area contributed by atoms with Gasteiger partial charge in [0.2, 0.25) is 0 Å². The monoisotopic (exact) mass is 1450 g/mol. The molecule has 0 aromatic rings. The first-order valence-electron chi connectivity index (χ1n) is 39.8. The Morgan fingerprint density at radius 3 is 0.820 bits per heavy atom. The molecule has 5 atom stereocenters. The van der Waals surface area contributed by atoms with E-state index in [1.165, 1.54) is 122 Å². The van der Waals surface area contributed by atoms with E-state index in [0.29, 0.717) is 32.1 Å². The van der Waals surface area contributed by atoms with E-state index in [-0.39, 0.29) is 25.7 Å². The Labute approximate surface area is 608 Å². The van der Waals surface area contributed by atoms with Crippen LogP contribution in [0.1, 0.15) is 349 Å². The van der Waals surface area contributed by atoms with Crippen molar-refractivity contribution in [1.82, 2.24) is 0 Å². The van der Waals surface area contributed by atoms with Gasteiger partial charge in [-0.2, -0.15) is 0 Å². The van der Waals surface area contributed by atoms with E-state index in [1.807, 2.05) is 0 Å². The molecular formula is C81H144O17P2. The van der Waals surface area contributed by atoms with Crippen LogP contribution in [0.3, 0.4) is 0 Å². The van der Waals surface area contributed by atoms with E-state index < -0.39 is 97.5 Å². The number of allylic oxidation sites excluding steroid dienone is 14. The molecule has 0 aromatic carbocycles. The first-order chi connectivity index (χ1) is 48.7. The third-order valence-electron chi connectivity index (χ3n) is 16.9. The molecule has 19 heteroatoms. The van der Waals surface area contributed by atoms with Gasteiger partial charge in [0.05, 0.1) is 26.4 Å². The van der Waals surface area contributed by atoms with Crippen LogP contribution in [0.5, 0.6) is 0 Å². The third kappa shape index (κ3) is 72.6. The van der Waals surface area contributed by atoms with Gasteiger partial charge >= 0.3 is 39.5 Å². The first-order valence-corrected chi connectivity index (χ1v) is 42.8. The van der Waals surface area contributed by atoms with Gasteiger partial charge in [-0.3, -0.25) is 37.3 Å². The molecule has 0 bridgehead atoms. The standard InChI is InChI=1S/C81H144O17P2/c1-5-9-13-17-21-25-29-33-36-37-40-43-46-50-54-58-62-66-79(84)92-72-77(98-81(86)68-64-60-56-52-48-44-39-35-31-27-23-19-15-11-7-3)74-96-100(89,90)94-70-75(82)69-93-99(87,88)95-73-76(97-80(85)67-63-59-55-51-47-41-32-28-24-20-16-12-8-4)71-91-78(83)65-61-57-53-49-45-42-38-34-30-26-22-18-14-10-6-2/h9,11,13,15,21,23,25,27,33,35-36,39,48,52,75-77,82H,5-8,10,12,14,16-20,22,24,26,28-32,34,37-38,40-47,49-51,53-74H2,1-4H3,(H,87,88)(H,89,90)/b13-9-,15-11-,25-21-,27-23-,36-33-,39-35-,52-48-. The van der Waals surface area contributed by atoms with Gasteiger partial charge < -0.3 is 33.8 Å². The van der Waals surface area contributed by atoms with Crippen molar-refractivity contribution < 1.29 is 80.2 Å². The van der Waals surface area contributed by atoms with Crippen molar-refractivity contribution in [3.63, 3.8) is 0 Å². The fourth-order valence-corrected chi connectivity index (χ4v) is 12.5. The summed E-state index contributed by atoms with van der Waals surface area (Å²) in [5.41, 5.74) is 0. The Morgan fingerprint density at radius 1 is 0.290 bits per heavy atom. The molecule has 3 N–H and O–H groups in total. The average molecular weight is 1450 g/mol. The number of unbranched alkanes of at least 4 members (excludes halogenated alkanes) is 35. The van der Waals surface area contributed by atoms with Crippen LogP contribution in [0, 0.1) is 0 Å². The summed E-state index contributed by atoms with van der Waals surface area (Å²) >= 11 is 0. The Morgan fingerprint density at radius 2 is 0.520 bits per heavy atom. The van der Waals surface area contributed by atoms with Gasteiger partial charge in [-0.25, -0.2) is 9.13 Å². The van der Waals surface area contributed by atoms with E-state index in [9.17, 15) is 43.2 Å². The van der Waals surface area contributed by atoms with Gasteiger partial charge in [0, 0.05) is 25.7 Å². The van der Waals surface area contributed by atoms with Gasteiger partial charge in [0.15, 0.2) is 12.2 Å². The molecule has 0 aliphatic carbocycles. The highest BCUT2D eigenvalue weighted by Crippen LogP contribution is 2.45. The normalized spacial score (nSPS) is 14.3. The second-order valence-corrected chi connectivity index (χ2v) is 29.5. The first kappa shape index (κ1) is 96.2. The number of aliphatic hydroxyl groups excluding tert-OH is 1. The van der Waals surface area contributed by atoms with Crippen molar-refractivity contribution in [2.24, 2.45) is 0 Å². The molecule has 0 aromatic heterocycles. The largest absolute Gasteiger partial charge is 0.472 e. The van der Waals surface area contributed by atoms with E-state index in [2.05, 4.69) is 113 Å². The van der Waals surface area contributed by atoms with Gasteiger partial charge in [-0.05, 0) is 96.3 Å². The number of phosphoric ester groups is 2. The molecule has 580 valence electrons. The zero-order chi connectivity index (χ0) is 73.2. The van der Waals surface area contributed by atoms with E-state index >= 15 is 0 Å². The van der Waals surface area contributed by atoms with Crippen LogP contribution in [-0.4, -0.2) is 96.7 Å². The lowest BCUT2D eigenvalue weighted by molar-refractivity contribution is -0.161. The van der Waals surface area contributed by atoms with Crippen LogP contribution >= 0.6 is 15.6 Å². The van der Waals surface area contributed by atoms with Crippen molar-refractivity contribution in [1.29, 1.82) is 0 Å². The number of aliphatic hydroxyl groups is 1. The number of hydrogen-bond donors (Lipinski definition) is 3. The van der Waals surface area contributed by atoms with Crippen molar-refractivity contribution in [3.05, 3.63) is 85.1 Å². The molecule has 100 heavy (non-hydrogen) atoms. The summed E-state index contributed by atoms with van der Waals surface area (Å²) < 4.78 is 68.6. The summed E-state index contributed by atoms with van der Waals surface area (Å²) in [6, 6.07) is 0. The van der Waals surface area contributed by atoms with Crippen LogP contribution < -0.4 is 0 Å². The molecule has 0 heterocycles. The number of ether oxygens (including phenoxy) is 4. The molecule has 0 saturated heterocycles. The fourth-order valence-electron chi connectivity index (χ4n) is 10.9. The number of rotatable bonds is 75. The Kier molecular flexibility index (Phi) is 70.8. The molecular weight excluding hydrogens is 1310 g/mol. The lowest BCUT2D eigenvalue weighted by Gasteiger charge is -2.21. The summed E-state index contributed by atoms with van der Waals surface area (Å²) in [5.74, 6) is -2.20. The molecule has 0 spiro atoms. The minimum Gasteiger partial charge on any atom is -0.462 e. The van der Waals surface area contributed by atoms with Crippen molar-refractivity contribution in [2.45, 2.75) is 367 Å². The summed E-state index contributed by atoms with van der Waals surface area (Å²) in [4.78, 5) is 73.0. The second-order valence-electron chi connectivity index (χ2n) is 26.6. The van der Waals surface area contributed by atoms with Gasteiger partial charge in [-0.1, -0.05) is 312 Å². The predicted octanol–water partition coefficient (Wildman–Crippen LogP) is 23.0. The number of esters is 4. The quantitative estimate of drug-likeness (QED) is 0.0169. The Bertz CT molecular complexity index is 2230. The van der Waals surface area contributed by atoms with Crippen molar-refractivity contribution >= 4 is 39.5 Å². The van der Waals surface area contributed by atoms with Crippen molar-refractivity contribution in [3.8, 4) is 0 Å². The molecule has 0 amide bonds. The van der Waals surface area contributed by atoms with E-state index in [4.69, 9.17) is 37.0 Å². The third-order valence-corrected chi connectivity index (χ3v) is 18.8. The SMILES string of the molecule is CC/C=C\C/C=C\C/C=C\C/C=C\CCCCC(=O)OC(COC(=O)CCCCCCCCC/C=C\C/C=C\C/C=C\CC)COP(=O)(O)OCC(O)COP(=O)(O)OCC(COC(=O)CCCCCCCCCCCCCCCCC)OC(=O)CCCCCCCCCCCCCCC. The molecule has 0 rings (SSSR count). The lowest BCUT2D eigenvalue weighted by atomic mass is 10.0. The second kappa shape index (κ2) is 73.5. The maximum Gasteiger partial charge on any atom is 0.472 e. The highest BCUT2D eigenvalue weighted by atomic mass is 31.2. The molecule has 0 aliphatic rings. The van der Waals surface area contributed by atoms with Crippen LogP contribution in [-0.2, 0) is 65.4 Å². The highest BCUT2D eigenvalue weighted by Gasteiger charge is 2.30. The Balaban J connectivity index is 5.35. The molecule has 0 saturated carbocycles. The average Bonchev–Trinajstić information content (AvgIpc) is 0.932. The number of phosphoric acid groups is 2. The molecule has 0 radical (unpaired) electrons. The van der Waals surface area contributed by atoms with Crippen LogP contribution in [0.15, 0.2) is 85.1 Å². The summed E-state index contributed by atoms with van der Waals surface area (Å²) in [5, 5.41) is 10.6. The smallest absolute Gasteiger partial charge is 0.462 e. The highest BCUT2D eigenvalue weighted by molar-refractivity contribution is 7.47. The van der Waals surface area contributed by atoms with Crippen LogP contribution in [0.2, 0.25) is 0 Å². The minimum atomic E-state index is -4.99. The van der Waals surface area contributed by atoms with Crippen LogP contribution in [0.25, 0.3) is 0 Å². The predicted molar refractivity (Wildman–Crippen MR) is 409 cm³/mol. The molecule has 5 unspecified atom stereocenters. The van der Waals surface area contributed by atoms with E-state index in [0.717, 1.165) is 141 Å². The van der Waals surface area contributed by atoms with Crippen LogP contribution in [0.4, 0.5) is 0 Å². The number of carbonyl (C=O) groups excluding carboxylic acids is 4. The van der Waals surface area contributed by atoms with Gasteiger partial charge in [-0.15, -0.1) is 0 Å². The Hall–Kier alpha value is -3.76. The zero-order valence-electron chi connectivity index (χ0n) is 63.4. The van der Waals surface area contributed by atoms with E-state index in [1.54, 1.807) is 0 Å². The number of hydrogen-bond acceptors (Lipinski definition) is 15. The summed E-state index contributed by atoms with van der Waals surface area (Å²) in [6.07, 6.45) is 75.6. The number of carbonyl (C=O) groups is 4. The fraction of sp³-hybridized carbons (Fsp3) is 0.778. The topological polar surface area (TPSA) is 237 Å². The maximum atomic E-state index is 13.1. The van der Waals surface area contributed by atoms with Crippen molar-refractivity contribution in [2.75, 3.05) is 39.6 Å². The van der Waals surface area contributed by atoms with Gasteiger partial charge in [0.25, 0.3) is 0 Å².